The Hall–Kier alpha value is -3.67. The fourth-order valence-electron chi connectivity index (χ4n) is 8.83. The predicted molar refractivity (Wildman–Crippen MR) is 325 cm³/mol. The molecule has 0 aliphatic rings. The molecule has 0 amide bonds. The Morgan fingerprint density at radius 2 is 0.520 bits per heavy atom. The third-order valence-electron chi connectivity index (χ3n) is 13.6. The summed E-state index contributed by atoms with van der Waals surface area (Å²) in [4.78, 5) is 38.3. The lowest BCUT2D eigenvalue weighted by Gasteiger charge is -2.18. The second kappa shape index (κ2) is 62.9. The Bertz CT molecular complexity index is 1480. The Kier molecular flexibility index (Phi) is 59.8. The Morgan fingerprint density at radius 3 is 0.827 bits per heavy atom. The number of hydrogen-bond acceptors (Lipinski definition) is 6. The molecule has 6 nitrogen and oxygen atoms in total. The van der Waals surface area contributed by atoms with Crippen LogP contribution in [0.3, 0.4) is 0 Å². The molecular weight excluding hydrogens is 925 g/mol. The van der Waals surface area contributed by atoms with E-state index in [1.165, 1.54) is 135 Å². The van der Waals surface area contributed by atoms with Gasteiger partial charge in [-0.25, -0.2) is 0 Å². The summed E-state index contributed by atoms with van der Waals surface area (Å²) in [6, 6.07) is 0. The highest BCUT2D eigenvalue weighted by Crippen LogP contribution is 2.16. The second-order valence-corrected chi connectivity index (χ2v) is 20.9. The van der Waals surface area contributed by atoms with Gasteiger partial charge in [0.15, 0.2) is 6.10 Å². The molecule has 0 saturated carbocycles. The molecule has 6 heteroatoms. The average molecular weight is 1040 g/mol. The summed E-state index contributed by atoms with van der Waals surface area (Å²) in [6.45, 7) is 6.52. The van der Waals surface area contributed by atoms with Crippen LogP contribution >= 0.6 is 0 Å². The number of esters is 3. The number of carbonyl (C=O) groups is 3. The van der Waals surface area contributed by atoms with Crippen molar-refractivity contribution in [1.82, 2.24) is 0 Å². The monoisotopic (exact) mass is 1040 g/mol. The number of carbonyl (C=O) groups excluding carboxylic acids is 3. The van der Waals surface area contributed by atoms with Gasteiger partial charge in [0.1, 0.15) is 13.2 Å². The molecule has 0 bridgehead atoms. The summed E-state index contributed by atoms with van der Waals surface area (Å²) in [5.41, 5.74) is 0. The van der Waals surface area contributed by atoms with Gasteiger partial charge in [0.05, 0.1) is 0 Å². The van der Waals surface area contributed by atoms with Crippen LogP contribution in [-0.4, -0.2) is 37.2 Å². The van der Waals surface area contributed by atoms with Crippen LogP contribution < -0.4 is 0 Å². The molecule has 0 radical (unpaired) electrons. The van der Waals surface area contributed by atoms with Gasteiger partial charge in [-0.1, -0.05) is 279 Å². The summed E-state index contributed by atoms with van der Waals surface area (Å²) in [6.07, 6.45) is 84.0. The summed E-state index contributed by atoms with van der Waals surface area (Å²) < 4.78 is 16.9. The lowest BCUT2D eigenvalue weighted by molar-refractivity contribution is -0.167. The third kappa shape index (κ3) is 61.1. The largest absolute Gasteiger partial charge is 0.462 e. The molecule has 1 atom stereocenters. The Morgan fingerprint density at radius 1 is 0.280 bits per heavy atom. The number of allylic oxidation sites excluding steroid dienone is 16. The first-order chi connectivity index (χ1) is 37.0. The van der Waals surface area contributed by atoms with Crippen molar-refractivity contribution in [3.05, 3.63) is 97.2 Å². The minimum atomic E-state index is -0.789. The zero-order valence-electron chi connectivity index (χ0n) is 49.3. The maximum Gasteiger partial charge on any atom is 0.306 e. The quantitative estimate of drug-likeness (QED) is 0.0261. The first kappa shape index (κ1) is 71.3. The van der Waals surface area contributed by atoms with Gasteiger partial charge in [-0.15, -0.1) is 0 Å². The van der Waals surface area contributed by atoms with Crippen molar-refractivity contribution in [1.29, 1.82) is 0 Å². The number of hydrogen-bond donors (Lipinski definition) is 0. The smallest absolute Gasteiger partial charge is 0.306 e. The predicted octanol–water partition coefficient (Wildman–Crippen LogP) is 21.7. The van der Waals surface area contributed by atoms with E-state index in [1.54, 1.807) is 0 Å². The second-order valence-electron chi connectivity index (χ2n) is 20.9. The average Bonchev–Trinajstić information content (AvgIpc) is 3.41. The van der Waals surface area contributed by atoms with Crippen LogP contribution in [0.5, 0.6) is 0 Å². The van der Waals surface area contributed by atoms with Crippen LogP contribution in [-0.2, 0) is 28.6 Å². The minimum Gasteiger partial charge on any atom is -0.462 e. The van der Waals surface area contributed by atoms with Crippen LogP contribution in [0, 0.1) is 0 Å². The van der Waals surface area contributed by atoms with E-state index in [9.17, 15) is 14.4 Å². The van der Waals surface area contributed by atoms with E-state index in [2.05, 4.69) is 118 Å². The van der Waals surface area contributed by atoms with E-state index in [1.807, 2.05) is 0 Å². The molecule has 0 aliphatic carbocycles. The summed E-state index contributed by atoms with van der Waals surface area (Å²) in [5.74, 6) is -0.902. The van der Waals surface area contributed by atoms with Crippen molar-refractivity contribution < 1.29 is 28.6 Å². The molecule has 75 heavy (non-hydrogen) atoms. The molecule has 0 N–H and O–H groups in total. The van der Waals surface area contributed by atoms with Gasteiger partial charge in [0.2, 0.25) is 0 Å². The summed E-state index contributed by atoms with van der Waals surface area (Å²) in [7, 11) is 0. The SMILES string of the molecule is CC/C=C\C/C=C\C/C=C\C/C=C\C/C=C\C/C=C\C/C=C\CCCCCCCC(=O)OCC(COC(=O)CCCCCCC/C=C\CCCCCCC)OC(=O)CCCCCCCCCCCCCCCCCC. The van der Waals surface area contributed by atoms with Gasteiger partial charge in [0, 0.05) is 19.3 Å². The van der Waals surface area contributed by atoms with Crippen LogP contribution in [0.1, 0.15) is 303 Å². The molecule has 0 spiro atoms. The van der Waals surface area contributed by atoms with Crippen molar-refractivity contribution in [3.8, 4) is 0 Å². The maximum absolute atomic E-state index is 12.9. The minimum absolute atomic E-state index is 0.0857. The van der Waals surface area contributed by atoms with E-state index in [-0.39, 0.29) is 31.1 Å². The standard InChI is InChI=1S/C69H118O6/c1-4-7-10-13-16-19-22-25-28-30-31-32-33-34-35-36-37-38-39-40-42-44-47-50-53-56-59-62-68(71)74-65-66(64-73-67(70)61-58-55-52-49-46-43-27-24-21-18-15-12-9-6-3)75-69(72)63-60-57-54-51-48-45-41-29-26-23-20-17-14-11-8-5-2/h7,10,16,19,24-25,27-28,31-32,34-35,37-38,40,42,66H,4-6,8-9,11-15,17-18,20-23,26,29-30,33,36,39,41,43-65H2,1-3H3/b10-7-,19-16-,27-24-,28-25-,32-31-,35-34-,38-37-,42-40-. The molecule has 0 fully saturated rings. The van der Waals surface area contributed by atoms with Crippen molar-refractivity contribution in [2.75, 3.05) is 13.2 Å². The van der Waals surface area contributed by atoms with E-state index in [0.29, 0.717) is 19.3 Å². The van der Waals surface area contributed by atoms with Crippen LogP contribution in [0.2, 0.25) is 0 Å². The van der Waals surface area contributed by atoms with Crippen molar-refractivity contribution >= 4 is 17.9 Å². The zero-order chi connectivity index (χ0) is 54.3. The highest BCUT2D eigenvalue weighted by Gasteiger charge is 2.19. The Labute approximate surface area is 464 Å². The zero-order valence-corrected chi connectivity index (χ0v) is 49.3. The first-order valence-corrected chi connectivity index (χ1v) is 31.7. The molecule has 0 saturated heterocycles. The number of rotatable bonds is 57. The van der Waals surface area contributed by atoms with E-state index in [0.717, 1.165) is 128 Å². The number of ether oxygens (including phenoxy) is 3. The maximum atomic E-state index is 12.9. The third-order valence-corrected chi connectivity index (χ3v) is 13.6. The molecule has 0 heterocycles. The fourth-order valence-corrected chi connectivity index (χ4v) is 8.83. The lowest BCUT2D eigenvalue weighted by atomic mass is 10.0. The highest BCUT2D eigenvalue weighted by molar-refractivity contribution is 5.71. The number of unbranched alkanes of at least 4 members (excludes halogenated alkanes) is 30. The lowest BCUT2D eigenvalue weighted by Crippen LogP contribution is -2.30. The normalized spacial score (nSPS) is 12.7. The van der Waals surface area contributed by atoms with Crippen molar-refractivity contribution in [2.45, 2.75) is 309 Å². The van der Waals surface area contributed by atoms with Gasteiger partial charge >= 0.3 is 17.9 Å². The van der Waals surface area contributed by atoms with Crippen LogP contribution in [0.15, 0.2) is 97.2 Å². The van der Waals surface area contributed by atoms with Gasteiger partial charge in [-0.3, -0.25) is 14.4 Å². The summed E-state index contributed by atoms with van der Waals surface area (Å²) >= 11 is 0. The molecular formula is C69H118O6. The molecule has 0 rings (SSSR count). The molecule has 0 aromatic rings. The van der Waals surface area contributed by atoms with E-state index in [4.69, 9.17) is 14.2 Å². The molecule has 1 unspecified atom stereocenters. The highest BCUT2D eigenvalue weighted by atomic mass is 16.6. The van der Waals surface area contributed by atoms with Gasteiger partial charge in [0.25, 0.3) is 0 Å². The van der Waals surface area contributed by atoms with E-state index < -0.39 is 6.10 Å². The first-order valence-electron chi connectivity index (χ1n) is 31.7. The van der Waals surface area contributed by atoms with Crippen LogP contribution in [0.25, 0.3) is 0 Å². The topological polar surface area (TPSA) is 78.9 Å². The summed E-state index contributed by atoms with van der Waals surface area (Å²) in [5, 5.41) is 0. The Balaban J connectivity index is 4.37. The van der Waals surface area contributed by atoms with E-state index >= 15 is 0 Å². The van der Waals surface area contributed by atoms with Crippen molar-refractivity contribution in [3.63, 3.8) is 0 Å². The molecule has 0 aromatic heterocycles. The van der Waals surface area contributed by atoms with Crippen molar-refractivity contribution in [2.24, 2.45) is 0 Å². The van der Waals surface area contributed by atoms with Gasteiger partial charge < -0.3 is 14.2 Å². The molecule has 0 aromatic carbocycles. The fraction of sp³-hybridized carbons (Fsp3) is 0.725. The van der Waals surface area contributed by atoms with Gasteiger partial charge in [-0.2, -0.15) is 0 Å². The van der Waals surface area contributed by atoms with Crippen LogP contribution in [0.4, 0.5) is 0 Å². The van der Waals surface area contributed by atoms with Gasteiger partial charge in [-0.05, 0) is 103 Å². The molecule has 430 valence electrons. The molecule has 0 aliphatic heterocycles.